The van der Waals surface area contributed by atoms with Crippen molar-refractivity contribution < 1.29 is 9.84 Å². The van der Waals surface area contributed by atoms with Crippen molar-refractivity contribution in [2.45, 2.75) is 51.2 Å². The van der Waals surface area contributed by atoms with Gasteiger partial charge in [0.05, 0.1) is 5.60 Å². The summed E-state index contributed by atoms with van der Waals surface area (Å²) >= 11 is 0. The molecule has 0 bridgehead atoms. The smallest absolute Gasteiger partial charge is 0.125 e. The van der Waals surface area contributed by atoms with Crippen LogP contribution in [0.1, 0.15) is 50.2 Å². The first-order valence-corrected chi connectivity index (χ1v) is 8.72. The highest BCUT2D eigenvalue weighted by Crippen LogP contribution is 2.46. The minimum Gasteiger partial charge on any atom is -0.489 e. The topological polar surface area (TPSA) is 29.5 Å². The maximum Gasteiger partial charge on any atom is 0.125 e. The molecule has 2 unspecified atom stereocenters. The van der Waals surface area contributed by atoms with Crippen LogP contribution in [0.25, 0.3) is 0 Å². The van der Waals surface area contributed by atoms with E-state index in [9.17, 15) is 5.11 Å². The second-order valence-electron chi connectivity index (χ2n) is 6.55. The van der Waals surface area contributed by atoms with E-state index in [2.05, 4.69) is 19.1 Å². The van der Waals surface area contributed by atoms with Crippen molar-refractivity contribution in [3.63, 3.8) is 0 Å². The highest BCUT2D eigenvalue weighted by atomic mass is 16.5. The number of benzene rings is 2. The lowest BCUT2D eigenvalue weighted by Crippen LogP contribution is -2.38. The summed E-state index contributed by atoms with van der Waals surface area (Å²) in [5.41, 5.74) is 1.35. The molecule has 3 rings (SSSR count). The number of ether oxygens (including phenoxy) is 1. The minimum absolute atomic E-state index is 0.317. The van der Waals surface area contributed by atoms with Crippen molar-refractivity contribution in [1.29, 1.82) is 0 Å². The van der Waals surface area contributed by atoms with Gasteiger partial charge in [0.25, 0.3) is 0 Å². The fourth-order valence-electron chi connectivity index (χ4n) is 3.81. The quantitative estimate of drug-likeness (QED) is 0.837. The Morgan fingerprint density at radius 3 is 2.57 bits per heavy atom. The molecule has 1 aliphatic rings. The van der Waals surface area contributed by atoms with Crippen molar-refractivity contribution in [2.24, 2.45) is 5.92 Å². The van der Waals surface area contributed by atoms with E-state index in [0.717, 1.165) is 42.6 Å². The first kappa shape index (κ1) is 16.1. The molecule has 2 nitrogen and oxygen atoms in total. The van der Waals surface area contributed by atoms with Crippen molar-refractivity contribution in [3.8, 4) is 5.75 Å². The van der Waals surface area contributed by atoms with E-state index in [-0.39, 0.29) is 0 Å². The van der Waals surface area contributed by atoms with Crippen LogP contribution in [0.15, 0.2) is 54.6 Å². The maximum absolute atomic E-state index is 11.4. The Bertz CT molecular complexity index is 623. The van der Waals surface area contributed by atoms with Gasteiger partial charge in [0.2, 0.25) is 0 Å². The lowest BCUT2D eigenvalue weighted by molar-refractivity contribution is -0.0576. The van der Waals surface area contributed by atoms with E-state index in [4.69, 9.17) is 4.74 Å². The zero-order chi connectivity index (χ0) is 16.1. The number of hydrogen-bond donors (Lipinski definition) is 1. The molecule has 1 N–H and O–H groups in total. The van der Waals surface area contributed by atoms with Gasteiger partial charge in [-0.3, -0.25) is 0 Å². The Balaban J connectivity index is 1.85. The van der Waals surface area contributed by atoms with Crippen LogP contribution in [0.3, 0.4) is 0 Å². The third-order valence-electron chi connectivity index (χ3n) is 5.12. The highest BCUT2D eigenvalue weighted by molar-refractivity contribution is 5.39. The van der Waals surface area contributed by atoms with Gasteiger partial charge in [0.1, 0.15) is 12.4 Å². The van der Waals surface area contributed by atoms with Gasteiger partial charge in [0, 0.05) is 5.56 Å². The van der Waals surface area contributed by atoms with Crippen LogP contribution < -0.4 is 4.74 Å². The molecule has 2 aromatic rings. The third kappa shape index (κ3) is 3.42. The van der Waals surface area contributed by atoms with E-state index in [1.165, 1.54) is 6.42 Å². The largest absolute Gasteiger partial charge is 0.489 e. The lowest BCUT2D eigenvalue weighted by atomic mass is 9.70. The minimum atomic E-state index is -0.750. The average molecular weight is 310 g/mol. The molecule has 0 aliphatic heterocycles. The molecule has 0 aromatic heterocycles. The van der Waals surface area contributed by atoms with E-state index < -0.39 is 5.60 Å². The predicted molar refractivity (Wildman–Crippen MR) is 93.4 cm³/mol. The molecule has 0 spiro atoms. The fraction of sp³-hybridized carbons (Fsp3) is 0.429. The second-order valence-corrected chi connectivity index (χ2v) is 6.55. The van der Waals surface area contributed by atoms with Crippen LogP contribution in [0.4, 0.5) is 0 Å². The summed E-state index contributed by atoms with van der Waals surface area (Å²) in [4.78, 5) is 0. The molecule has 1 aliphatic carbocycles. The fourth-order valence-corrected chi connectivity index (χ4v) is 3.81. The number of para-hydroxylation sites is 1. The van der Waals surface area contributed by atoms with Gasteiger partial charge in [-0.2, -0.15) is 0 Å². The normalized spacial score (nSPS) is 24.3. The monoisotopic (exact) mass is 310 g/mol. The van der Waals surface area contributed by atoms with Crippen molar-refractivity contribution in [3.05, 3.63) is 65.7 Å². The van der Waals surface area contributed by atoms with Gasteiger partial charge in [-0.1, -0.05) is 74.7 Å². The Hall–Kier alpha value is -1.80. The Morgan fingerprint density at radius 2 is 1.78 bits per heavy atom. The molecular weight excluding hydrogens is 284 g/mol. The van der Waals surface area contributed by atoms with Crippen LogP contribution in [0.2, 0.25) is 0 Å². The summed E-state index contributed by atoms with van der Waals surface area (Å²) in [6.45, 7) is 2.71. The molecule has 1 saturated carbocycles. The number of hydrogen-bond acceptors (Lipinski definition) is 2. The highest BCUT2D eigenvalue weighted by Gasteiger charge is 2.41. The average Bonchev–Trinajstić information content (AvgIpc) is 2.61. The first-order chi connectivity index (χ1) is 11.2. The van der Waals surface area contributed by atoms with E-state index in [1.54, 1.807) is 0 Å². The molecule has 1 fully saturated rings. The van der Waals surface area contributed by atoms with Gasteiger partial charge in [-0.25, -0.2) is 0 Å². The molecule has 0 heterocycles. The summed E-state index contributed by atoms with van der Waals surface area (Å²) in [6, 6.07) is 18.2. The van der Waals surface area contributed by atoms with E-state index in [0.29, 0.717) is 12.5 Å². The van der Waals surface area contributed by atoms with Crippen LogP contribution >= 0.6 is 0 Å². The number of rotatable bonds is 5. The Kier molecular flexibility index (Phi) is 5.02. The maximum atomic E-state index is 11.4. The molecule has 23 heavy (non-hydrogen) atoms. The van der Waals surface area contributed by atoms with Gasteiger partial charge >= 0.3 is 0 Å². The standard InChI is InChI=1S/C21H26O2/c1-2-18-12-8-9-15-21(18,22)19-13-6-7-14-20(19)23-16-17-10-4-3-5-11-17/h3-7,10-11,13-14,18,22H,2,8-9,12,15-16H2,1H3. The van der Waals surface area contributed by atoms with Crippen LogP contribution in [-0.4, -0.2) is 5.11 Å². The molecule has 0 radical (unpaired) electrons. The van der Waals surface area contributed by atoms with Crippen LogP contribution in [-0.2, 0) is 12.2 Å². The van der Waals surface area contributed by atoms with Crippen molar-refractivity contribution >= 4 is 0 Å². The lowest BCUT2D eigenvalue weighted by Gasteiger charge is -2.40. The van der Waals surface area contributed by atoms with Gasteiger partial charge in [-0.05, 0) is 30.4 Å². The predicted octanol–water partition coefficient (Wildman–Crippen LogP) is 5.05. The molecule has 122 valence electrons. The zero-order valence-electron chi connectivity index (χ0n) is 13.9. The second kappa shape index (κ2) is 7.18. The SMILES string of the molecule is CCC1CCCCC1(O)c1ccccc1OCc1ccccc1. The molecular formula is C21H26O2. The Labute approximate surface area is 139 Å². The van der Waals surface area contributed by atoms with Crippen molar-refractivity contribution in [2.75, 3.05) is 0 Å². The number of aliphatic hydroxyl groups is 1. The van der Waals surface area contributed by atoms with Gasteiger partial charge in [-0.15, -0.1) is 0 Å². The summed E-state index contributed by atoms with van der Waals surface area (Å²) < 4.78 is 6.07. The van der Waals surface area contributed by atoms with Crippen LogP contribution in [0, 0.1) is 5.92 Å². The first-order valence-electron chi connectivity index (χ1n) is 8.72. The Morgan fingerprint density at radius 1 is 1.04 bits per heavy atom. The summed E-state index contributed by atoms with van der Waals surface area (Å²) in [5.74, 6) is 1.14. The van der Waals surface area contributed by atoms with Gasteiger partial charge < -0.3 is 9.84 Å². The summed E-state index contributed by atoms with van der Waals surface area (Å²) in [6.07, 6.45) is 5.23. The van der Waals surface area contributed by atoms with Crippen molar-refractivity contribution in [1.82, 2.24) is 0 Å². The molecule has 0 saturated heterocycles. The van der Waals surface area contributed by atoms with Crippen LogP contribution in [0.5, 0.6) is 5.75 Å². The molecule has 2 heteroatoms. The molecule has 0 amide bonds. The third-order valence-corrected chi connectivity index (χ3v) is 5.12. The van der Waals surface area contributed by atoms with E-state index in [1.807, 2.05) is 42.5 Å². The van der Waals surface area contributed by atoms with Gasteiger partial charge in [0.15, 0.2) is 0 Å². The zero-order valence-corrected chi connectivity index (χ0v) is 13.9. The molecule has 2 atom stereocenters. The van der Waals surface area contributed by atoms with E-state index >= 15 is 0 Å². The summed E-state index contributed by atoms with van der Waals surface area (Å²) in [7, 11) is 0. The molecule has 2 aromatic carbocycles. The summed E-state index contributed by atoms with van der Waals surface area (Å²) in [5, 5.41) is 11.4.